The van der Waals surface area contributed by atoms with Crippen molar-refractivity contribution in [2.45, 2.75) is 37.8 Å². The Labute approximate surface area is 105 Å². The largest absolute Gasteiger partial charge is 0.416 e. The molecule has 0 heterocycles. The second-order valence-corrected chi connectivity index (χ2v) is 5.07. The quantitative estimate of drug-likeness (QED) is 0.853. The zero-order chi connectivity index (χ0) is 13.2. The maximum Gasteiger partial charge on any atom is 0.416 e. The van der Waals surface area contributed by atoms with E-state index in [1.807, 2.05) is 0 Å². The van der Waals surface area contributed by atoms with Crippen molar-refractivity contribution in [1.29, 1.82) is 0 Å². The van der Waals surface area contributed by atoms with Crippen LogP contribution >= 0.6 is 0 Å². The van der Waals surface area contributed by atoms with Gasteiger partial charge in [-0.25, -0.2) is 0 Å². The van der Waals surface area contributed by atoms with Gasteiger partial charge in [-0.15, -0.1) is 0 Å². The van der Waals surface area contributed by atoms with E-state index >= 15 is 0 Å². The van der Waals surface area contributed by atoms with Crippen LogP contribution in [0.15, 0.2) is 24.3 Å². The molecule has 1 nitrogen and oxygen atoms in total. The van der Waals surface area contributed by atoms with Gasteiger partial charge in [-0.3, -0.25) is 0 Å². The molecule has 0 bridgehead atoms. The zero-order valence-corrected chi connectivity index (χ0v) is 10.2. The van der Waals surface area contributed by atoms with Gasteiger partial charge < -0.3 is 5.73 Å². The van der Waals surface area contributed by atoms with E-state index < -0.39 is 11.7 Å². The van der Waals surface area contributed by atoms with E-state index in [-0.39, 0.29) is 0 Å². The van der Waals surface area contributed by atoms with E-state index in [1.54, 1.807) is 12.1 Å². The predicted octanol–water partition coefficient (Wildman–Crippen LogP) is 3.94. The second-order valence-electron chi connectivity index (χ2n) is 5.07. The van der Waals surface area contributed by atoms with Gasteiger partial charge in [-0.1, -0.05) is 12.1 Å². The van der Waals surface area contributed by atoms with Crippen LogP contribution < -0.4 is 5.73 Å². The van der Waals surface area contributed by atoms with Crippen LogP contribution in [-0.4, -0.2) is 6.54 Å². The monoisotopic (exact) mass is 257 g/mol. The highest BCUT2D eigenvalue weighted by molar-refractivity contribution is 5.27. The standard InChI is InChI=1S/C14H18F3N/c15-14(16,17)13-7-5-12(6-8-13)11-3-1-10(9-18)2-4-11/h5-8,10-11H,1-4,9,18H2. The van der Waals surface area contributed by atoms with E-state index in [9.17, 15) is 13.2 Å². The summed E-state index contributed by atoms with van der Waals surface area (Å²) < 4.78 is 37.3. The summed E-state index contributed by atoms with van der Waals surface area (Å²) in [6.07, 6.45) is 0.000575. The Hall–Kier alpha value is -1.03. The lowest BCUT2D eigenvalue weighted by molar-refractivity contribution is -0.137. The Morgan fingerprint density at radius 1 is 1.00 bits per heavy atom. The molecular weight excluding hydrogens is 239 g/mol. The molecular formula is C14H18F3N. The maximum absolute atomic E-state index is 12.4. The van der Waals surface area contributed by atoms with Gasteiger partial charge in [0.15, 0.2) is 0 Å². The molecule has 18 heavy (non-hydrogen) atoms. The van der Waals surface area contributed by atoms with Gasteiger partial charge >= 0.3 is 6.18 Å². The van der Waals surface area contributed by atoms with Crippen LogP contribution in [0, 0.1) is 5.92 Å². The maximum atomic E-state index is 12.4. The summed E-state index contributed by atoms with van der Waals surface area (Å²) in [7, 11) is 0. The molecule has 0 aliphatic heterocycles. The summed E-state index contributed by atoms with van der Waals surface area (Å²) in [6, 6.07) is 5.61. The smallest absolute Gasteiger partial charge is 0.330 e. The van der Waals surface area contributed by atoms with Crippen LogP contribution in [0.4, 0.5) is 13.2 Å². The summed E-state index contributed by atoms with van der Waals surface area (Å²) in [6.45, 7) is 0.722. The molecule has 0 unspecified atom stereocenters. The van der Waals surface area contributed by atoms with Gasteiger partial charge in [-0.05, 0) is 61.8 Å². The number of alkyl halides is 3. The summed E-state index contributed by atoms with van der Waals surface area (Å²) in [5, 5.41) is 0. The van der Waals surface area contributed by atoms with E-state index in [4.69, 9.17) is 5.73 Å². The van der Waals surface area contributed by atoms with Crippen LogP contribution in [0.5, 0.6) is 0 Å². The molecule has 2 rings (SSSR count). The molecule has 1 aliphatic carbocycles. The lowest BCUT2D eigenvalue weighted by atomic mass is 9.78. The summed E-state index contributed by atoms with van der Waals surface area (Å²) in [5.41, 5.74) is 6.09. The normalized spacial score (nSPS) is 25.1. The van der Waals surface area contributed by atoms with E-state index in [2.05, 4.69) is 0 Å². The Morgan fingerprint density at radius 3 is 2.00 bits per heavy atom. The van der Waals surface area contributed by atoms with Gasteiger partial charge in [0.1, 0.15) is 0 Å². The highest BCUT2D eigenvalue weighted by atomic mass is 19.4. The van der Waals surface area contributed by atoms with Gasteiger partial charge in [0.05, 0.1) is 5.56 Å². The van der Waals surface area contributed by atoms with E-state index in [1.165, 1.54) is 12.1 Å². The first-order valence-corrected chi connectivity index (χ1v) is 6.38. The molecule has 2 N–H and O–H groups in total. The van der Waals surface area contributed by atoms with E-state index in [0.717, 1.165) is 37.8 Å². The fraction of sp³-hybridized carbons (Fsp3) is 0.571. The zero-order valence-electron chi connectivity index (χ0n) is 10.2. The third-order valence-corrected chi connectivity index (χ3v) is 3.89. The molecule has 0 amide bonds. The first-order chi connectivity index (χ1) is 8.50. The first-order valence-electron chi connectivity index (χ1n) is 6.38. The molecule has 0 atom stereocenters. The van der Waals surface area contributed by atoms with Crippen molar-refractivity contribution in [1.82, 2.24) is 0 Å². The third-order valence-electron chi connectivity index (χ3n) is 3.89. The fourth-order valence-corrected chi connectivity index (χ4v) is 2.68. The van der Waals surface area contributed by atoms with Crippen molar-refractivity contribution in [2.24, 2.45) is 11.7 Å². The predicted molar refractivity (Wildman–Crippen MR) is 65.2 cm³/mol. The van der Waals surface area contributed by atoms with E-state index in [0.29, 0.717) is 11.8 Å². The van der Waals surface area contributed by atoms with Gasteiger partial charge in [0.2, 0.25) is 0 Å². The molecule has 1 saturated carbocycles. The fourth-order valence-electron chi connectivity index (χ4n) is 2.68. The lowest BCUT2D eigenvalue weighted by Gasteiger charge is -2.28. The summed E-state index contributed by atoms with van der Waals surface area (Å²) in [5.74, 6) is 0.991. The average Bonchev–Trinajstić information content (AvgIpc) is 2.38. The molecule has 0 aromatic heterocycles. The molecule has 0 radical (unpaired) electrons. The Morgan fingerprint density at radius 2 is 1.56 bits per heavy atom. The summed E-state index contributed by atoms with van der Waals surface area (Å²) in [4.78, 5) is 0. The Bertz CT molecular complexity index is 375. The molecule has 0 spiro atoms. The number of hydrogen-bond acceptors (Lipinski definition) is 1. The molecule has 1 aliphatic rings. The number of nitrogens with two attached hydrogens (primary N) is 1. The number of rotatable bonds is 2. The number of halogens is 3. The highest BCUT2D eigenvalue weighted by Crippen LogP contribution is 2.36. The topological polar surface area (TPSA) is 26.0 Å². The van der Waals surface area contributed by atoms with Crippen molar-refractivity contribution in [3.8, 4) is 0 Å². The lowest BCUT2D eigenvalue weighted by Crippen LogP contribution is -2.20. The average molecular weight is 257 g/mol. The van der Waals surface area contributed by atoms with Crippen LogP contribution in [-0.2, 0) is 6.18 Å². The van der Waals surface area contributed by atoms with Crippen molar-refractivity contribution >= 4 is 0 Å². The Kier molecular flexibility index (Phi) is 3.95. The van der Waals surface area contributed by atoms with Gasteiger partial charge in [0, 0.05) is 0 Å². The van der Waals surface area contributed by atoms with Crippen LogP contribution in [0.2, 0.25) is 0 Å². The molecule has 1 aromatic rings. The van der Waals surface area contributed by atoms with Crippen molar-refractivity contribution in [2.75, 3.05) is 6.54 Å². The van der Waals surface area contributed by atoms with Gasteiger partial charge in [0.25, 0.3) is 0 Å². The molecule has 1 fully saturated rings. The SMILES string of the molecule is NCC1CCC(c2ccc(C(F)(F)F)cc2)CC1. The van der Waals surface area contributed by atoms with Crippen LogP contribution in [0.1, 0.15) is 42.7 Å². The highest BCUT2D eigenvalue weighted by Gasteiger charge is 2.30. The van der Waals surface area contributed by atoms with Gasteiger partial charge in [-0.2, -0.15) is 13.2 Å². The minimum Gasteiger partial charge on any atom is -0.330 e. The third kappa shape index (κ3) is 3.05. The van der Waals surface area contributed by atoms with Crippen molar-refractivity contribution in [3.05, 3.63) is 35.4 Å². The minimum atomic E-state index is -4.24. The number of benzene rings is 1. The second kappa shape index (κ2) is 5.31. The minimum absolute atomic E-state index is 0.398. The van der Waals surface area contributed by atoms with Crippen LogP contribution in [0.3, 0.4) is 0 Å². The van der Waals surface area contributed by atoms with Crippen LogP contribution in [0.25, 0.3) is 0 Å². The molecule has 4 heteroatoms. The molecule has 100 valence electrons. The number of hydrogen-bond donors (Lipinski definition) is 1. The van der Waals surface area contributed by atoms with Crippen molar-refractivity contribution < 1.29 is 13.2 Å². The van der Waals surface area contributed by atoms with Crippen molar-refractivity contribution in [3.63, 3.8) is 0 Å². The molecule has 1 aromatic carbocycles. The summed E-state index contributed by atoms with van der Waals surface area (Å²) >= 11 is 0. The first kappa shape index (κ1) is 13.4. The molecule has 0 saturated heterocycles. The Balaban J connectivity index is 2.02.